The Morgan fingerprint density at radius 2 is 1.74 bits per heavy atom. The Morgan fingerprint density at radius 1 is 0.971 bits per heavy atom. The highest BCUT2D eigenvalue weighted by Crippen LogP contribution is 2.32. The molecule has 1 saturated heterocycles. The Morgan fingerprint density at radius 3 is 2.49 bits per heavy atom. The molecule has 9 heteroatoms. The van der Waals surface area contributed by atoms with Crippen molar-refractivity contribution in [3.05, 3.63) is 83.9 Å². The minimum atomic E-state index is -0.886. The number of halogens is 2. The highest BCUT2D eigenvalue weighted by Gasteiger charge is 2.29. The molecule has 0 unspecified atom stereocenters. The van der Waals surface area contributed by atoms with Crippen LogP contribution >= 0.6 is 11.3 Å². The van der Waals surface area contributed by atoms with E-state index in [9.17, 15) is 18.4 Å². The number of thiazole rings is 1. The van der Waals surface area contributed by atoms with E-state index >= 15 is 0 Å². The van der Waals surface area contributed by atoms with Gasteiger partial charge in [-0.25, -0.2) is 13.8 Å². The molecule has 0 aliphatic carbocycles. The molecule has 0 bridgehead atoms. The summed E-state index contributed by atoms with van der Waals surface area (Å²) in [5, 5.41) is 3.38. The number of ether oxygens (including phenoxy) is 1. The number of piperidine rings is 1. The maximum Gasteiger partial charge on any atom is 0.256 e. The number of anilines is 1. The highest BCUT2D eigenvalue weighted by atomic mass is 32.1. The van der Waals surface area contributed by atoms with E-state index in [4.69, 9.17) is 4.74 Å². The lowest BCUT2D eigenvalue weighted by Crippen LogP contribution is -2.41. The number of amides is 2. The molecule has 0 atom stereocenters. The molecule has 1 fully saturated rings. The molecule has 0 spiro atoms. The summed E-state index contributed by atoms with van der Waals surface area (Å²) in [5.74, 6) is -1.16. The van der Waals surface area contributed by atoms with Crippen LogP contribution in [0.4, 0.5) is 13.9 Å². The van der Waals surface area contributed by atoms with Crippen molar-refractivity contribution >= 4 is 38.5 Å². The molecule has 2 amide bonds. The van der Waals surface area contributed by atoms with Crippen LogP contribution in [0.15, 0.2) is 66.7 Å². The molecule has 1 N–H and O–H groups in total. The van der Waals surface area contributed by atoms with Gasteiger partial charge in [0.2, 0.25) is 5.91 Å². The van der Waals surface area contributed by atoms with E-state index in [1.165, 1.54) is 16.2 Å². The lowest BCUT2D eigenvalue weighted by Gasteiger charge is -2.31. The van der Waals surface area contributed by atoms with Crippen LogP contribution < -0.4 is 10.1 Å². The molecule has 0 radical (unpaired) electrons. The fraction of sp³-hybridized carbons (Fsp3) is 0.192. The van der Waals surface area contributed by atoms with Gasteiger partial charge in [-0.15, -0.1) is 0 Å². The van der Waals surface area contributed by atoms with Crippen molar-refractivity contribution in [1.82, 2.24) is 9.88 Å². The van der Waals surface area contributed by atoms with E-state index in [0.717, 1.165) is 28.1 Å². The number of hydrogen-bond acceptors (Lipinski definition) is 5. The van der Waals surface area contributed by atoms with Crippen molar-refractivity contribution in [1.29, 1.82) is 0 Å². The van der Waals surface area contributed by atoms with E-state index in [-0.39, 0.29) is 17.4 Å². The molecule has 4 aromatic rings. The van der Waals surface area contributed by atoms with E-state index in [1.807, 2.05) is 48.5 Å². The molecule has 178 valence electrons. The minimum Gasteiger partial charge on any atom is -0.457 e. The van der Waals surface area contributed by atoms with Gasteiger partial charge in [-0.1, -0.05) is 29.5 Å². The zero-order valence-electron chi connectivity index (χ0n) is 18.5. The summed E-state index contributed by atoms with van der Waals surface area (Å²) in [5.41, 5.74) is 0.590. The van der Waals surface area contributed by atoms with Gasteiger partial charge < -0.3 is 15.0 Å². The van der Waals surface area contributed by atoms with Crippen molar-refractivity contribution in [3.63, 3.8) is 0 Å². The fourth-order valence-corrected chi connectivity index (χ4v) is 4.93. The summed E-state index contributed by atoms with van der Waals surface area (Å²) in [7, 11) is 0. The first-order valence-corrected chi connectivity index (χ1v) is 12.0. The monoisotopic (exact) mass is 493 g/mol. The van der Waals surface area contributed by atoms with Gasteiger partial charge in [0.05, 0.1) is 15.8 Å². The Bertz CT molecular complexity index is 1390. The first-order chi connectivity index (χ1) is 17.0. The quantitative estimate of drug-likeness (QED) is 0.378. The highest BCUT2D eigenvalue weighted by molar-refractivity contribution is 7.22. The lowest BCUT2D eigenvalue weighted by atomic mass is 9.95. The van der Waals surface area contributed by atoms with Crippen LogP contribution in [0.2, 0.25) is 0 Å². The summed E-state index contributed by atoms with van der Waals surface area (Å²) >= 11 is 1.36. The number of fused-ring (bicyclic) bond motifs is 1. The largest absolute Gasteiger partial charge is 0.457 e. The fourth-order valence-electron chi connectivity index (χ4n) is 4.03. The molecule has 5 rings (SSSR count). The van der Waals surface area contributed by atoms with Crippen LogP contribution in [0.1, 0.15) is 23.2 Å². The third-order valence-corrected chi connectivity index (χ3v) is 6.82. The standard InChI is InChI=1S/C26H21F2N3O3S/c27-17-6-8-20(21(28)14-17)25(33)31-12-10-16(11-13-31)24(32)30-26-29-22-9-7-19(15-23(22)35-26)34-18-4-2-1-3-5-18/h1-9,14-16H,10-13H2,(H,29,30,32). The second kappa shape index (κ2) is 9.79. The molecule has 1 aromatic heterocycles. The molecule has 35 heavy (non-hydrogen) atoms. The zero-order chi connectivity index (χ0) is 24.4. The van der Waals surface area contributed by atoms with Crippen LogP contribution in [-0.2, 0) is 4.79 Å². The van der Waals surface area contributed by atoms with Gasteiger partial charge in [-0.2, -0.15) is 0 Å². The van der Waals surface area contributed by atoms with Crippen LogP contribution in [-0.4, -0.2) is 34.8 Å². The van der Waals surface area contributed by atoms with Crippen LogP contribution in [0.5, 0.6) is 11.5 Å². The summed E-state index contributed by atoms with van der Waals surface area (Å²) in [6.07, 6.45) is 0.890. The van der Waals surface area contributed by atoms with Crippen molar-refractivity contribution < 1.29 is 23.1 Å². The number of carbonyl (C=O) groups is 2. The van der Waals surface area contributed by atoms with Gasteiger partial charge in [-0.05, 0) is 49.2 Å². The normalized spacial score (nSPS) is 14.2. The zero-order valence-corrected chi connectivity index (χ0v) is 19.4. The van der Waals surface area contributed by atoms with E-state index < -0.39 is 17.5 Å². The molecule has 1 aliphatic heterocycles. The maximum atomic E-state index is 14.0. The Labute approximate surface area is 204 Å². The van der Waals surface area contributed by atoms with Crippen molar-refractivity contribution in [2.24, 2.45) is 5.92 Å². The number of carbonyl (C=O) groups excluding carboxylic acids is 2. The summed E-state index contributed by atoms with van der Waals surface area (Å²) in [6, 6.07) is 17.9. The van der Waals surface area contributed by atoms with Gasteiger partial charge in [0.1, 0.15) is 23.1 Å². The number of nitrogens with zero attached hydrogens (tertiary/aromatic N) is 2. The number of likely N-dealkylation sites (tertiary alicyclic amines) is 1. The summed E-state index contributed by atoms with van der Waals surface area (Å²) < 4.78 is 33.8. The lowest BCUT2D eigenvalue weighted by molar-refractivity contribution is -0.121. The van der Waals surface area contributed by atoms with Crippen LogP contribution in [0.3, 0.4) is 0 Å². The molecule has 2 heterocycles. The Balaban J connectivity index is 1.19. The summed E-state index contributed by atoms with van der Waals surface area (Å²) in [6.45, 7) is 0.627. The first kappa shape index (κ1) is 22.9. The molecular formula is C26H21F2N3O3S. The van der Waals surface area contributed by atoms with E-state index in [1.54, 1.807) is 0 Å². The van der Waals surface area contributed by atoms with Crippen molar-refractivity contribution in [2.45, 2.75) is 12.8 Å². The molecule has 3 aromatic carbocycles. The van der Waals surface area contributed by atoms with Gasteiger partial charge in [-0.3, -0.25) is 9.59 Å². The third kappa shape index (κ3) is 5.14. The molecule has 0 saturated carbocycles. The number of benzene rings is 3. The second-order valence-corrected chi connectivity index (χ2v) is 9.27. The van der Waals surface area contributed by atoms with E-state index in [0.29, 0.717) is 42.9 Å². The van der Waals surface area contributed by atoms with Crippen LogP contribution in [0, 0.1) is 17.6 Å². The molecule has 1 aliphatic rings. The van der Waals surface area contributed by atoms with Gasteiger partial charge >= 0.3 is 0 Å². The molecular weight excluding hydrogens is 472 g/mol. The third-order valence-electron chi connectivity index (χ3n) is 5.88. The van der Waals surface area contributed by atoms with Gasteiger partial charge in [0, 0.05) is 31.1 Å². The van der Waals surface area contributed by atoms with Crippen LogP contribution in [0.25, 0.3) is 10.2 Å². The van der Waals surface area contributed by atoms with E-state index in [2.05, 4.69) is 10.3 Å². The number of rotatable bonds is 5. The average Bonchev–Trinajstić information content (AvgIpc) is 3.26. The number of para-hydroxylation sites is 1. The van der Waals surface area contributed by atoms with Crippen molar-refractivity contribution in [2.75, 3.05) is 18.4 Å². The molecule has 6 nitrogen and oxygen atoms in total. The SMILES string of the molecule is O=C(Nc1nc2ccc(Oc3ccccc3)cc2s1)C1CCN(C(=O)c2ccc(F)cc2F)CC1. The van der Waals surface area contributed by atoms with Gasteiger partial charge in [0.25, 0.3) is 5.91 Å². The number of aromatic nitrogens is 1. The number of nitrogens with one attached hydrogen (secondary N) is 1. The second-order valence-electron chi connectivity index (χ2n) is 8.24. The number of hydrogen-bond donors (Lipinski definition) is 1. The predicted molar refractivity (Wildman–Crippen MR) is 130 cm³/mol. The Hall–Kier alpha value is -3.85. The smallest absolute Gasteiger partial charge is 0.256 e. The predicted octanol–water partition coefficient (Wildman–Crippen LogP) is 5.86. The maximum absolute atomic E-state index is 14.0. The summed E-state index contributed by atoms with van der Waals surface area (Å²) in [4.78, 5) is 31.4. The van der Waals surface area contributed by atoms with Crippen molar-refractivity contribution in [3.8, 4) is 11.5 Å². The Kier molecular flexibility index (Phi) is 6.41. The topological polar surface area (TPSA) is 71.5 Å². The minimum absolute atomic E-state index is 0.162. The first-order valence-electron chi connectivity index (χ1n) is 11.1. The van der Waals surface area contributed by atoms with Gasteiger partial charge in [0.15, 0.2) is 5.13 Å². The average molecular weight is 494 g/mol.